The molecule has 0 radical (unpaired) electrons. The van der Waals surface area contributed by atoms with Crippen LogP contribution in [0.1, 0.15) is 39.2 Å². The standard InChI is InChI=1S/C32H32N6O2S/c1-31(2,3)30-32(13-14-32)27-15-21(17-33-29(27)35-30)26-20-38(41(39,40)24-9-7-6-8-10-24)28-16-22(11-12-25(26)28)37(5)23-18-34-36(4)19-23/h6-12,15-20H,13-14H2,1-5H3. The highest BCUT2D eigenvalue weighted by Crippen LogP contribution is 2.59. The molecule has 5 aromatic rings. The van der Waals surface area contributed by atoms with Crippen molar-refractivity contribution in [3.63, 3.8) is 0 Å². The van der Waals surface area contributed by atoms with Gasteiger partial charge in [0.1, 0.15) is 0 Å². The molecule has 208 valence electrons. The number of rotatable bonds is 5. The summed E-state index contributed by atoms with van der Waals surface area (Å²) in [7, 11) is -0.0471. The van der Waals surface area contributed by atoms with Gasteiger partial charge in [0.25, 0.3) is 10.0 Å². The van der Waals surface area contributed by atoms with Gasteiger partial charge >= 0.3 is 0 Å². The van der Waals surface area contributed by atoms with Crippen molar-refractivity contribution in [2.75, 3.05) is 11.9 Å². The Morgan fingerprint density at radius 2 is 1.71 bits per heavy atom. The summed E-state index contributed by atoms with van der Waals surface area (Å²) in [6, 6.07) is 16.7. The molecule has 2 aliphatic rings. The van der Waals surface area contributed by atoms with Crippen LogP contribution in [-0.2, 0) is 22.5 Å². The van der Waals surface area contributed by atoms with E-state index in [-0.39, 0.29) is 15.7 Å². The van der Waals surface area contributed by atoms with Crippen LogP contribution >= 0.6 is 0 Å². The molecule has 0 unspecified atom stereocenters. The van der Waals surface area contributed by atoms with Gasteiger partial charge < -0.3 is 4.90 Å². The number of hydrogen-bond acceptors (Lipinski definition) is 6. The molecule has 0 bridgehead atoms. The Balaban J connectivity index is 1.41. The summed E-state index contributed by atoms with van der Waals surface area (Å²) in [5.41, 5.74) is 6.33. The van der Waals surface area contributed by atoms with Crippen molar-refractivity contribution in [2.45, 2.75) is 43.9 Å². The van der Waals surface area contributed by atoms with Gasteiger partial charge in [0, 0.05) is 77.0 Å². The van der Waals surface area contributed by atoms with Crippen molar-refractivity contribution >= 4 is 43.8 Å². The second kappa shape index (κ2) is 8.63. The van der Waals surface area contributed by atoms with E-state index in [4.69, 9.17) is 9.98 Å². The Bertz CT molecular complexity index is 1980. The third-order valence-electron chi connectivity index (χ3n) is 8.35. The molecule has 41 heavy (non-hydrogen) atoms. The molecule has 8 nitrogen and oxygen atoms in total. The van der Waals surface area contributed by atoms with Crippen molar-refractivity contribution in [2.24, 2.45) is 17.5 Å². The van der Waals surface area contributed by atoms with Gasteiger partial charge in [-0.05, 0) is 43.2 Å². The van der Waals surface area contributed by atoms with Crippen molar-refractivity contribution < 1.29 is 8.42 Å². The molecular weight excluding hydrogens is 532 g/mol. The smallest absolute Gasteiger partial charge is 0.268 e. The largest absolute Gasteiger partial charge is 0.342 e. The molecule has 1 aliphatic heterocycles. The molecule has 7 rings (SSSR count). The number of aryl methyl sites for hydroxylation is 1. The Kier molecular flexibility index (Phi) is 5.41. The van der Waals surface area contributed by atoms with E-state index in [0.29, 0.717) is 5.52 Å². The van der Waals surface area contributed by atoms with Crippen molar-refractivity contribution in [1.29, 1.82) is 0 Å². The van der Waals surface area contributed by atoms with E-state index in [9.17, 15) is 8.42 Å². The first-order valence-corrected chi connectivity index (χ1v) is 15.2. The number of anilines is 2. The molecular formula is C32H32N6O2S. The summed E-state index contributed by atoms with van der Waals surface area (Å²) in [4.78, 5) is 12.0. The molecule has 4 heterocycles. The summed E-state index contributed by atoms with van der Waals surface area (Å²) in [5.74, 6) is 0.789. The maximum atomic E-state index is 14.0. The highest BCUT2D eigenvalue weighted by molar-refractivity contribution is 7.90. The number of hydrogen-bond donors (Lipinski definition) is 0. The van der Waals surface area contributed by atoms with Crippen molar-refractivity contribution in [1.82, 2.24) is 18.7 Å². The maximum absolute atomic E-state index is 14.0. The van der Waals surface area contributed by atoms with Crippen LogP contribution in [0.3, 0.4) is 0 Å². The molecule has 3 aromatic heterocycles. The first-order valence-electron chi connectivity index (χ1n) is 13.8. The lowest BCUT2D eigenvalue weighted by molar-refractivity contribution is 0.566. The van der Waals surface area contributed by atoms with Crippen LogP contribution in [0.15, 0.2) is 89.3 Å². The zero-order chi connectivity index (χ0) is 28.7. The Morgan fingerprint density at radius 1 is 0.951 bits per heavy atom. The molecule has 2 aromatic carbocycles. The maximum Gasteiger partial charge on any atom is 0.268 e. The summed E-state index contributed by atoms with van der Waals surface area (Å²) in [6.07, 6.45) is 9.41. The van der Waals surface area contributed by atoms with Crippen LogP contribution in [0.25, 0.3) is 22.0 Å². The second-order valence-corrected chi connectivity index (χ2v) is 14.0. The number of aliphatic imine (C=N–C) groups is 1. The molecule has 0 N–H and O–H groups in total. The van der Waals surface area contributed by atoms with E-state index in [1.165, 1.54) is 9.68 Å². The molecule has 9 heteroatoms. The van der Waals surface area contributed by atoms with E-state index >= 15 is 0 Å². The summed E-state index contributed by atoms with van der Waals surface area (Å²) < 4.78 is 31.2. The lowest BCUT2D eigenvalue weighted by Gasteiger charge is -2.24. The van der Waals surface area contributed by atoms with Gasteiger partial charge in [0.2, 0.25) is 0 Å². The fraction of sp³-hybridized carbons (Fsp3) is 0.281. The minimum atomic E-state index is -3.87. The highest BCUT2D eigenvalue weighted by Gasteiger charge is 2.56. The minimum Gasteiger partial charge on any atom is -0.342 e. The van der Waals surface area contributed by atoms with Crippen LogP contribution in [0.2, 0.25) is 0 Å². The molecule has 1 fully saturated rings. The highest BCUT2D eigenvalue weighted by atomic mass is 32.2. The predicted octanol–water partition coefficient (Wildman–Crippen LogP) is 6.61. The quantitative estimate of drug-likeness (QED) is 0.240. The number of aromatic nitrogens is 4. The molecule has 0 amide bonds. The third kappa shape index (κ3) is 3.94. The van der Waals surface area contributed by atoms with Gasteiger partial charge in [-0.25, -0.2) is 22.4 Å². The van der Waals surface area contributed by atoms with Crippen LogP contribution < -0.4 is 4.90 Å². The summed E-state index contributed by atoms with van der Waals surface area (Å²) in [5, 5.41) is 5.13. The molecule has 0 atom stereocenters. The fourth-order valence-corrected chi connectivity index (χ4v) is 7.55. The van der Waals surface area contributed by atoms with Crippen molar-refractivity contribution in [3.8, 4) is 11.1 Å². The van der Waals surface area contributed by atoms with Crippen LogP contribution in [0, 0.1) is 5.41 Å². The third-order valence-corrected chi connectivity index (χ3v) is 10.0. The van der Waals surface area contributed by atoms with E-state index in [1.807, 2.05) is 55.7 Å². The Morgan fingerprint density at radius 3 is 2.37 bits per heavy atom. The fourth-order valence-electron chi connectivity index (χ4n) is 6.16. The normalized spacial score (nSPS) is 15.8. The lowest BCUT2D eigenvalue weighted by atomic mass is 9.78. The molecule has 0 saturated heterocycles. The van der Waals surface area contributed by atoms with E-state index in [0.717, 1.165) is 52.1 Å². The van der Waals surface area contributed by atoms with Gasteiger partial charge in [0.15, 0.2) is 5.82 Å². The average molecular weight is 565 g/mol. The van der Waals surface area contributed by atoms with Gasteiger partial charge in [-0.3, -0.25) is 4.68 Å². The topological polar surface area (TPSA) is 85.4 Å². The zero-order valence-electron chi connectivity index (χ0n) is 23.8. The van der Waals surface area contributed by atoms with Gasteiger partial charge in [-0.15, -0.1) is 0 Å². The summed E-state index contributed by atoms with van der Waals surface area (Å²) in [6.45, 7) is 6.63. The van der Waals surface area contributed by atoms with E-state index < -0.39 is 10.0 Å². The molecule has 1 aliphatic carbocycles. The predicted molar refractivity (Wildman–Crippen MR) is 163 cm³/mol. The van der Waals surface area contributed by atoms with Crippen LogP contribution in [0.4, 0.5) is 17.2 Å². The first kappa shape index (κ1) is 25.7. The lowest BCUT2D eigenvalue weighted by Crippen LogP contribution is -2.29. The summed E-state index contributed by atoms with van der Waals surface area (Å²) >= 11 is 0. The monoisotopic (exact) mass is 564 g/mol. The van der Waals surface area contributed by atoms with Gasteiger partial charge in [0.05, 0.1) is 22.3 Å². The van der Waals surface area contributed by atoms with E-state index in [1.54, 1.807) is 41.3 Å². The van der Waals surface area contributed by atoms with E-state index in [2.05, 4.69) is 31.9 Å². The number of benzene rings is 2. The number of fused-ring (bicyclic) bond motifs is 3. The number of pyridine rings is 1. The number of nitrogens with zero attached hydrogens (tertiary/aromatic N) is 6. The van der Waals surface area contributed by atoms with Gasteiger partial charge in [-0.1, -0.05) is 45.0 Å². The van der Waals surface area contributed by atoms with Gasteiger partial charge in [-0.2, -0.15) is 5.10 Å². The average Bonchev–Trinajstić information content (AvgIpc) is 3.29. The molecule has 1 saturated carbocycles. The minimum absolute atomic E-state index is 0.0478. The Hall–Kier alpha value is -4.24. The molecule has 1 spiro atoms. The SMILES string of the molecule is CN(c1ccc2c(-c3cnc4c(c3)C3(CC3)C(C(C)(C)C)=N4)cn(S(=O)(=O)c3ccccc3)c2c1)c1cnn(C)c1. The first-order chi connectivity index (χ1) is 19.5. The zero-order valence-corrected chi connectivity index (χ0v) is 24.6. The van der Waals surface area contributed by atoms with Crippen LogP contribution in [0.5, 0.6) is 0 Å². The van der Waals surface area contributed by atoms with Crippen LogP contribution in [-0.4, -0.2) is 39.9 Å². The second-order valence-electron chi connectivity index (χ2n) is 12.2. The Labute approximate surface area is 240 Å². The van der Waals surface area contributed by atoms with Crippen molar-refractivity contribution in [3.05, 3.63) is 84.9 Å².